The summed E-state index contributed by atoms with van der Waals surface area (Å²) in [4.78, 5) is 0. The van der Waals surface area contributed by atoms with Gasteiger partial charge in [-0.25, -0.2) is 4.68 Å². The topological polar surface area (TPSA) is 69.6 Å². The maximum Gasteiger partial charge on any atom is 0.183 e. The van der Waals surface area contributed by atoms with Crippen LogP contribution in [0.1, 0.15) is 38.6 Å². The molecule has 0 saturated heterocycles. The van der Waals surface area contributed by atoms with Crippen molar-refractivity contribution in [3.05, 3.63) is 22.7 Å². The fraction of sp³-hybridized carbons (Fsp3) is 0.500. The summed E-state index contributed by atoms with van der Waals surface area (Å²) in [6.07, 6.45) is 4.75. The van der Waals surface area contributed by atoms with E-state index in [0.717, 1.165) is 34.6 Å². The van der Waals surface area contributed by atoms with Gasteiger partial charge in [-0.15, -0.1) is 5.10 Å². The second-order valence-electron chi connectivity index (χ2n) is 5.57. The van der Waals surface area contributed by atoms with E-state index < -0.39 is 0 Å². The zero-order valence-corrected chi connectivity index (χ0v) is 13.0. The van der Waals surface area contributed by atoms with Gasteiger partial charge < -0.3 is 5.73 Å². The van der Waals surface area contributed by atoms with E-state index in [2.05, 4.69) is 38.4 Å². The Kier molecular flexibility index (Phi) is 3.74. The number of halogens is 1. The van der Waals surface area contributed by atoms with Crippen LogP contribution < -0.4 is 5.73 Å². The van der Waals surface area contributed by atoms with Gasteiger partial charge in [0.1, 0.15) is 0 Å². The quantitative estimate of drug-likeness (QED) is 0.853. The molecule has 1 aliphatic carbocycles. The Hall–Kier alpha value is -1.43. The zero-order valence-electron chi connectivity index (χ0n) is 11.5. The summed E-state index contributed by atoms with van der Waals surface area (Å²) >= 11 is 3.54. The van der Waals surface area contributed by atoms with Crippen LogP contribution in [0.25, 0.3) is 11.4 Å². The van der Waals surface area contributed by atoms with Crippen LogP contribution in [0.4, 0.5) is 5.69 Å². The molecule has 0 amide bonds. The molecule has 0 unspecified atom stereocenters. The zero-order chi connectivity index (χ0) is 14.1. The molecule has 2 N–H and O–H groups in total. The van der Waals surface area contributed by atoms with Gasteiger partial charge in [-0.3, -0.25) is 0 Å². The van der Waals surface area contributed by atoms with Crippen LogP contribution in [-0.2, 0) is 0 Å². The van der Waals surface area contributed by atoms with Crippen molar-refractivity contribution < 1.29 is 0 Å². The maximum atomic E-state index is 5.95. The van der Waals surface area contributed by atoms with Crippen LogP contribution >= 0.6 is 15.9 Å². The Morgan fingerprint density at radius 3 is 2.75 bits per heavy atom. The second kappa shape index (κ2) is 5.52. The molecule has 1 aliphatic rings. The van der Waals surface area contributed by atoms with Crippen LogP contribution in [0.5, 0.6) is 0 Å². The summed E-state index contributed by atoms with van der Waals surface area (Å²) in [5, 5.41) is 12.3. The molecular weight excluding hydrogens is 318 g/mol. The van der Waals surface area contributed by atoms with Crippen LogP contribution in [0, 0.1) is 5.92 Å². The van der Waals surface area contributed by atoms with Crippen molar-refractivity contribution >= 4 is 21.6 Å². The first-order chi connectivity index (χ1) is 9.66. The van der Waals surface area contributed by atoms with Crippen molar-refractivity contribution in [1.29, 1.82) is 0 Å². The van der Waals surface area contributed by atoms with E-state index in [1.165, 1.54) is 12.8 Å². The molecule has 0 bridgehead atoms. The summed E-state index contributed by atoms with van der Waals surface area (Å²) in [7, 11) is 0. The Labute approximate surface area is 126 Å². The van der Waals surface area contributed by atoms with Crippen molar-refractivity contribution in [3.63, 3.8) is 0 Å². The average Bonchev–Trinajstić information content (AvgIpc) is 2.92. The van der Waals surface area contributed by atoms with Crippen LogP contribution in [0.3, 0.4) is 0 Å². The monoisotopic (exact) mass is 335 g/mol. The number of nitrogen functional groups attached to an aromatic ring is 1. The van der Waals surface area contributed by atoms with Gasteiger partial charge in [-0.2, -0.15) is 0 Å². The number of hydrogen-bond acceptors (Lipinski definition) is 4. The second-order valence-corrected chi connectivity index (χ2v) is 6.36. The lowest BCUT2D eigenvalue weighted by Gasteiger charge is -2.26. The molecule has 0 spiro atoms. The number of nitrogens with two attached hydrogens (primary N) is 1. The normalized spacial score (nSPS) is 22.9. The molecule has 1 fully saturated rings. The highest BCUT2D eigenvalue weighted by Crippen LogP contribution is 2.36. The van der Waals surface area contributed by atoms with Gasteiger partial charge >= 0.3 is 0 Å². The van der Waals surface area contributed by atoms with E-state index in [0.29, 0.717) is 11.7 Å². The number of hydrogen-bond donors (Lipinski definition) is 1. The molecule has 0 atom stereocenters. The molecule has 6 heteroatoms. The molecule has 0 aliphatic heterocycles. The Morgan fingerprint density at radius 2 is 2.00 bits per heavy atom. The highest BCUT2D eigenvalue weighted by atomic mass is 79.9. The van der Waals surface area contributed by atoms with Gasteiger partial charge in [0.05, 0.1) is 10.5 Å². The van der Waals surface area contributed by atoms with Gasteiger partial charge in [0.25, 0.3) is 0 Å². The third-order valence-electron chi connectivity index (χ3n) is 4.09. The van der Waals surface area contributed by atoms with E-state index in [-0.39, 0.29) is 0 Å². The van der Waals surface area contributed by atoms with Gasteiger partial charge in [-0.05, 0) is 70.1 Å². The van der Waals surface area contributed by atoms with Gasteiger partial charge in [0.15, 0.2) is 5.82 Å². The van der Waals surface area contributed by atoms with E-state index in [4.69, 9.17) is 5.73 Å². The number of nitrogens with zero attached hydrogens (tertiary/aromatic N) is 4. The largest absolute Gasteiger partial charge is 0.398 e. The smallest absolute Gasteiger partial charge is 0.183 e. The molecule has 106 valence electrons. The summed E-state index contributed by atoms with van der Waals surface area (Å²) in [5.74, 6) is 1.61. The average molecular weight is 336 g/mol. The molecule has 1 heterocycles. The minimum Gasteiger partial charge on any atom is -0.398 e. The molecule has 3 rings (SSSR count). The molecule has 2 aromatic rings. The maximum absolute atomic E-state index is 5.95. The molecule has 5 nitrogen and oxygen atoms in total. The summed E-state index contributed by atoms with van der Waals surface area (Å²) in [6, 6.07) is 6.18. The number of tetrazole rings is 1. The van der Waals surface area contributed by atoms with Crippen molar-refractivity contribution in [2.45, 2.75) is 38.6 Å². The summed E-state index contributed by atoms with van der Waals surface area (Å²) < 4.78 is 2.83. The van der Waals surface area contributed by atoms with Crippen molar-refractivity contribution in [3.8, 4) is 11.4 Å². The minimum atomic E-state index is 0.393. The predicted octanol–water partition coefficient (Wildman–Crippen LogP) is 3.44. The fourth-order valence-electron chi connectivity index (χ4n) is 2.83. The molecule has 0 radical (unpaired) electrons. The standard InChI is InChI=1S/C14H18BrN5/c1-9-5-7-10(8-6-9)20-14(17-18-19-20)11-3-2-4-12(16)13(11)15/h2-4,9-10H,5-8,16H2,1H3. The van der Waals surface area contributed by atoms with E-state index >= 15 is 0 Å². The van der Waals surface area contributed by atoms with Crippen molar-refractivity contribution in [2.24, 2.45) is 5.92 Å². The number of rotatable bonds is 2. The van der Waals surface area contributed by atoms with E-state index in [1.54, 1.807) is 0 Å². The van der Waals surface area contributed by atoms with Gasteiger partial charge in [0.2, 0.25) is 0 Å². The molecule has 1 saturated carbocycles. The molecule has 1 aromatic heterocycles. The lowest BCUT2D eigenvalue weighted by atomic mass is 9.87. The van der Waals surface area contributed by atoms with E-state index in [1.807, 2.05) is 22.9 Å². The Bertz CT molecular complexity index is 601. The molecule has 20 heavy (non-hydrogen) atoms. The highest BCUT2D eigenvalue weighted by Gasteiger charge is 2.24. The lowest BCUT2D eigenvalue weighted by molar-refractivity contribution is 0.272. The fourth-order valence-corrected chi connectivity index (χ4v) is 3.27. The third-order valence-corrected chi connectivity index (χ3v) is 4.98. The van der Waals surface area contributed by atoms with Crippen LogP contribution in [-0.4, -0.2) is 20.2 Å². The first kappa shape index (κ1) is 13.5. The number of benzene rings is 1. The van der Waals surface area contributed by atoms with Gasteiger partial charge in [0, 0.05) is 11.3 Å². The SMILES string of the molecule is CC1CCC(n2nnnc2-c2cccc(N)c2Br)CC1. The minimum absolute atomic E-state index is 0.393. The molecular formula is C14H18BrN5. The van der Waals surface area contributed by atoms with E-state index in [9.17, 15) is 0 Å². The lowest BCUT2D eigenvalue weighted by Crippen LogP contribution is -2.19. The highest BCUT2D eigenvalue weighted by molar-refractivity contribution is 9.10. The summed E-state index contributed by atoms with van der Waals surface area (Å²) in [5.41, 5.74) is 7.60. The van der Waals surface area contributed by atoms with Crippen LogP contribution in [0.15, 0.2) is 22.7 Å². The Morgan fingerprint density at radius 1 is 1.25 bits per heavy atom. The van der Waals surface area contributed by atoms with Crippen molar-refractivity contribution in [2.75, 3.05) is 5.73 Å². The Balaban J connectivity index is 1.96. The number of anilines is 1. The number of aromatic nitrogens is 4. The first-order valence-corrected chi connectivity index (χ1v) is 7.78. The molecule has 1 aromatic carbocycles. The van der Waals surface area contributed by atoms with Crippen LogP contribution in [0.2, 0.25) is 0 Å². The van der Waals surface area contributed by atoms with Gasteiger partial charge in [-0.1, -0.05) is 13.0 Å². The third kappa shape index (κ3) is 2.44. The van der Waals surface area contributed by atoms with Crippen molar-refractivity contribution in [1.82, 2.24) is 20.2 Å². The predicted molar refractivity (Wildman–Crippen MR) is 82.0 cm³/mol. The summed E-state index contributed by atoms with van der Waals surface area (Å²) in [6.45, 7) is 2.31. The first-order valence-electron chi connectivity index (χ1n) is 6.99.